The molecule has 15 heavy (non-hydrogen) atoms. The molecule has 1 heterocycles. The van der Waals surface area contributed by atoms with Crippen LogP contribution < -0.4 is 5.73 Å². The van der Waals surface area contributed by atoms with Crippen LogP contribution in [0.2, 0.25) is 0 Å². The molecule has 2 atom stereocenters. The molecule has 0 spiro atoms. The zero-order valence-corrected chi connectivity index (χ0v) is 9.40. The number of rotatable bonds is 4. The van der Waals surface area contributed by atoms with Crippen molar-refractivity contribution < 1.29 is 18.3 Å². The van der Waals surface area contributed by atoms with Crippen molar-refractivity contribution in [3.63, 3.8) is 0 Å². The number of hydrogen-bond acceptors (Lipinski definition) is 4. The van der Waals surface area contributed by atoms with Crippen molar-refractivity contribution >= 4 is 16.0 Å². The molecule has 0 aromatic carbocycles. The SMILES string of the molecule is CC(C(=O)O)S(=O)(=O)N1CCCC1CN. The Hall–Kier alpha value is -0.660. The van der Waals surface area contributed by atoms with E-state index in [1.807, 2.05) is 0 Å². The molecular formula is C8H16N2O4S. The van der Waals surface area contributed by atoms with Gasteiger partial charge in [0.05, 0.1) is 0 Å². The van der Waals surface area contributed by atoms with Crippen molar-refractivity contribution in [3.8, 4) is 0 Å². The van der Waals surface area contributed by atoms with Gasteiger partial charge in [-0.1, -0.05) is 0 Å². The first-order valence-corrected chi connectivity index (χ1v) is 6.35. The number of hydrogen-bond donors (Lipinski definition) is 2. The van der Waals surface area contributed by atoms with Gasteiger partial charge in [-0.25, -0.2) is 8.42 Å². The molecule has 3 N–H and O–H groups in total. The summed E-state index contributed by atoms with van der Waals surface area (Å²) in [7, 11) is -3.75. The van der Waals surface area contributed by atoms with Crippen molar-refractivity contribution in [3.05, 3.63) is 0 Å². The Morgan fingerprint density at radius 1 is 1.67 bits per heavy atom. The van der Waals surface area contributed by atoms with E-state index in [0.29, 0.717) is 13.0 Å². The Morgan fingerprint density at radius 2 is 2.27 bits per heavy atom. The lowest BCUT2D eigenvalue weighted by molar-refractivity contribution is -0.136. The summed E-state index contributed by atoms with van der Waals surface area (Å²) in [5.74, 6) is -1.32. The van der Waals surface area contributed by atoms with Gasteiger partial charge in [0.15, 0.2) is 5.25 Å². The molecule has 1 aliphatic heterocycles. The van der Waals surface area contributed by atoms with Gasteiger partial charge < -0.3 is 10.8 Å². The first-order valence-electron chi connectivity index (χ1n) is 4.84. The standard InChI is InChI=1S/C8H16N2O4S/c1-6(8(11)12)15(13,14)10-4-2-3-7(10)5-9/h6-7H,2-5,9H2,1H3,(H,11,12). The van der Waals surface area contributed by atoms with E-state index in [-0.39, 0.29) is 12.6 Å². The number of carboxylic acid groups (broad SMARTS) is 1. The minimum atomic E-state index is -3.75. The predicted octanol–water partition coefficient (Wildman–Crippen LogP) is -0.788. The summed E-state index contributed by atoms with van der Waals surface area (Å²) in [6.45, 7) is 1.80. The number of sulfonamides is 1. The molecule has 0 aromatic rings. The first kappa shape index (κ1) is 12.4. The van der Waals surface area contributed by atoms with Crippen LogP contribution >= 0.6 is 0 Å². The number of aliphatic carboxylic acids is 1. The molecule has 0 saturated carbocycles. The Kier molecular flexibility index (Phi) is 3.69. The van der Waals surface area contributed by atoms with Crippen molar-refractivity contribution in [2.75, 3.05) is 13.1 Å². The normalized spacial score (nSPS) is 25.3. The fourth-order valence-electron chi connectivity index (χ4n) is 1.71. The van der Waals surface area contributed by atoms with Gasteiger partial charge in [0, 0.05) is 19.1 Å². The van der Waals surface area contributed by atoms with Crippen LogP contribution in [-0.2, 0) is 14.8 Å². The second-order valence-corrected chi connectivity index (χ2v) is 5.87. The molecule has 0 aromatic heterocycles. The largest absolute Gasteiger partial charge is 0.480 e. The van der Waals surface area contributed by atoms with E-state index >= 15 is 0 Å². The maximum Gasteiger partial charge on any atom is 0.323 e. The molecule has 2 unspecified atom stereocenters. The summed E-state index contributed by atoms with van der Waals surface area (Å²) in [5, 5.41) is 7.30. The number of nitrogens with zero attached hydrogens (tertiary/aromatic N) is 1. The van der Waals surface area contributed by atoms with Crippen LogP contribution in [0.3, 0.4) is 0 Å². The highest BCUT2D eigenvalue weighted by Crippen LogP contribution is 2.22. The second kappa shape index (κ2) is 4.46. The van der Waals surface area contributed by atoms with Crippen LogP contribution in [0, 0.1) is 0 Å². The van der Waals surface area contributed by atoms with Gasteiger partial charge in [0.2, 0.25) is 10.0 Å². The lowest BCUT2D eigenvalue weighted by Crippen LogP contribution is -2.46. The van der Waals surface area contributed by atoms with Crippen molar-refractivity contribution in [2.45, 2.75) is 31.1 Å². The molecule has 0 bridgehead atoms. The van der Waals surface area contributed by atoms with Gasteiger partial charge in [0.25, 0.3) is 0 Å². The summed E-state index contributed by atoms with van der Waals surface area (Å²) < 4.78 is 24.9. The zero-order chi connectivity index (χ0) is 11.6. The van der Waals surface area contributed by atoms with Gasteiger partial charge in [0.1, 0.15) is 0 Å². The van der Waals surface area contributed by atoms with Gasteiger partial charge in [-0.3, -0.25) is 4.79 Å². The Morgan fingerprint density at radius 3 is 2.73 bits per heavy atom. The summed E-state index contributed by atoms with van der Waals surface area (Å²) in [4.78, 5) is 10.7. The quantitative estimate of drug-likeness (QED) is 0.666. The van der Waals surface area contributed by atoms with E-state index in [1.165, 1.54) is 11.2 Å². The molecule has 1 saturated heterocycles. The highest BCUT2D eigenvalue weighted by Gasteiger charge is 2.39. The topological polar surface area (TPSA) is 101 Å². The highest BCUT2D eigenvalue weighted by atomic mass is 32.2. The van der Waals surface area contributed by atoms with E-state index in [2.05, 4.69) is 0 Å². The highest BCUT2D eigenvalue weighted by molar-refractivity contribution is 7.90. The Bertz CT molecular complexity index is 341. The molecule has 0 aliphatic carbocycles. The van der Waals surface area contributed by atoms with Crippen LogP contribution in [-0.4, -0.2) is 48.2 Å². The van der Waals surface area contributed by atoms with Gasteiger partial charge in [-0.05, 0) is 19.8 Å². The Balaban J connectivity index is 2.90. The molecule has 1 fully saturated rings. The summed E-state index contributed by atoms with van der Waals surface area (Å²) >= 11 is 0. The second-order valence-electron chi connectivity index (χ2n) is 3.67. The maximum absolute atomic E-state index is 11.8. The monoisotopic (exact) mass is 236 g/mol. The number of nitrogens with two attached hydrogens (primary N) is 1. The summed E-state index contributed by atoms with van der Waals surface area (Å²) in [6.07, 6.45) is 1.45. The fraction of sp³-hybridized carbons (Fsp3) is 0.875. The minimum Gasteiger partial charge on any atom is -0.480 e. The summed E-state index contributed by atoms with van der Waals surface area (Å²) in [5.41, 5.74) is 5.44. The third-order valence-corrected chi connectivity index (χ3v) is 4.95. The minimum absolute atomic E-state index is 0.239. The molecule has 0 radical (unpaired) electrons. The molecule has 1 rings (SSSR count). The van der Waals surface area contributed by atoms with Gasteiger partial charge >= 0.3 is 5.97 Å². The Labute approximate surface area is 89.1 Å². The average molecular weight is 236 g/mol. The number of carboxylic acids is 1. The van der Waals surface area contributed by atoms with Crippen LogP contribution in [0.1, 0.15) is 19.8 Å². The van der Waals surface area contributed by atoms with E-state index < -0.39 is 21.2 Å². The predicted molar refractivity (Wildman–Crippen MR) is 54.8 cm³/mol. The van der Waals surface area contributed by atoms with Crippen LogP contribution in [0.5, 0.6) is 0 Å². The lowest BCUT2D eigenvalue weighted by atomic mass is 10.2. The van der Waals surface area contributed by atoms with Gasteiger partial charge in [-0.2, -0.15) is 4.31 Å². The van der Waals surface area contributed by atoms with E-state index in [9.17, 15) is 13.2 Å². The third kappa shape index (κ3) is 2.30. The molecule has 88 valence electrons. The molecule has 6 nitrogen and oxygen atoms in total. The summed E-state index contributed by atoms with van der Waals surface area (Å²) in [6, 6.07) is -0.239. The van der Waals surface area contributed by atoms with Crippen LogP contribution in [0.25, 0.3) is 0 Å². The number of carbonyl (C=O) groups is 1. The van der Waals surface area contributed by atoms with E-state index in [4.69, 9.17) is 10.8 Å². The molecule has 7 heteroatoms. The van der Waals surface area contributed by atoms with Crippen LogP contribution in [0.15, 0.2) is 0 Å². The average Bonchev–Trinajstić information content (AvgIpc) is 2.64. The lowest BCUT2D eigenvalue weighted by Gasteiger charge is -2.24. The van der Waals surface area contributed by atoms with Crippen molar-refractivity contribution in [1.82, 2.24) is 4.31 Å². The molecule has 0 amide bonds. The zero-order valence-electron chi connectivity index (χ0n) is 8.59. The smallest absolute Gasteiger partial charge is 0.323 e. The fourth-order valence-corrected chi connectivity index (χ4v) is 3.36. The van der Waals surface area contributed by atoms with E-state index in [0.717, 1.165) is 6.42 Å². The van der Waals surface area contributed by atoms with E-state index in [1.54, 1.807) is 0 Å². The maximum atomic E-state index is 11.8. The van der Waals surface area contributed by atoms with Crippen molar-refractivity contribution in [2.24, 2.45) is 5.73 Å². The molecule has 1 aliphatic rings. The molecular weight excluding hydrogens is 220 g/mol. The van der Waals surface area contributed by atoms with Crippen LogP contribution in [0.4, 0.5) is 0 Å². The van der Waals surface area contributed by atoms with Crippen molar-refractivity contribution in [1.29, 1.82) is 0 Å². The third-order valence-electron chi connectivity index (χ3n) is 2.72. The first-order chi connectivity index (χ1) is 6.91. The van der Waals surface area contributed by atoms with Gasteiger partial charge in [-0.15, -0.1) is 0 Å².